The first-order valence-electron chi connectivity index (χ1n) is 10.2. The number of pyridine rings is 1. The van der Waals surface area contributed by atoms with Crippen LogP contribution in [0.3, 0.4) is 0 Å². The highest BCUT2D eigenvalue weighted by Crippen LogP contribution is 2.38. The molecule has 3 aromatic heterocycles. The molecule has 32 heavy (non-hydrogen) atoms. The van der Waals surface area contributed by atoms with Gasteiger partial charge < -0.3 is 19.3 Å². The van der Waals surface area contributed by atoms with Crippen molar-refractivity contribution in [2.24, 2.45) is 0 Å². The number of nitrogens with one attached hydrogen (secondary N) is 1. The van der Waals surface area contributed by atoms with Crippen LogP contribution in [0.25, 0.3) is 17.3 Å². The van der Waals surface area contributed by atoms with E-state index in [4.69, 9.17) is 14.0 Å². The lowest BCUT2D eigenvalue weighted by atomic mass is 10.2. The highest BCUT2D eigenvalue weighted by molar-refractivity contribution is 5.92. The molecule has 1 aliphatic carbocycles. The van der Waals surface area contributed by atoms with E-state index >= 15 is 0 Å². The van der Waals surface area contributed by atoms with Gasteiger partial charge in [-0.05, 0) is 42.7 Å². The lowest BCUT2D eigenvalue weighted by molar-refractivity contribution is 0.0946. The van der Waals surface area contributed by atoms with E-state index in [1.54, 1.807) is 23.3 Å². The lowest BCUT2D eigenvalue weighted by Crippen LogP contribution is -2.23. The van der Waals surface area contributed by atoms with Gasteiger partial charge in [0.2, 0.25) is 6.79 Å². The molecule has 0 unspecified atom stereocenters. The molecule has 1 fully saturated rings. The highest BCUT2D eigenvalue weighted by Gasteiger charge is 2.29. The molecule has 0 bridgehead atoms. The smallest absolute Gasteiger partial charge is 0.271 e. The average molecular weight is 430 g/mol. The summed E-state index contributed by atoms with van der Waals surface area (Å²) < 4.78 is 17.7. The van der Waals surface area contributed by atoms with E-state index in [1.807, 2.05) is 30.3 Å². The topological polar surface area (TPSA) is 117 Å². The maximum atomic E-state index is 12.5. The molecular weight excluding hydrogens is 412 g/mol. The van der Waals surface area contributed by atoms with Gasteiger partial charge in [0.15, 0.2) is 17.3 Å². The number of ether oxygens (including phenoxy) is 2. The summed E-state index contributed by atoms with van der Waals surface area (Å²) in [6.45, 7) is 0.566. The molecule has 6 rings (SSSR count). The highest BCUT2D eigenvalue weighted by atomic mass is 16.7. The molecule has 1 aliphatic heterocycles. The number of carbonyl (C=O) groups is 1. The Bertz CT molecular complexity index is 1290. The number of fused-ring (bicyclic) bond motifs is 1. The van der Waals surface area contributed by atoms with Gasteiger partial charge in [-0.1, -0.05) is 11.2 Å². The van der Waals surface area contributed by atoms with Gasteiger partial charge in [0.05, 0.1) is 5.56 Å². The lowest BCUT2D eigenvalue weighted by Gasteiger charge is -2.05. The number of rotatable bonds is 6. The Hall–Kier alpha value is -4.21. The van der Waals surface area contributed by atoms with E-state index in [0.29, 0.717) is 41.4 Å². The Morgan fingerprint density at radius 1 is 1.12 bits per heavy atom. The number of hydrogen-bond acceptors (Lipinski definition) is 8. The van der Waals surface area contributed by atoms with Crippen molar-refractivity contribution in [2.75, 3.05) is 6.79 Å². The molecule has 4 heterocycles. The first-order chi connectivity index (χ1) is 15.7. The molecule has 4 aromatic rings. The largest absolute Gasteiger partial charge is 0.454 e. The zero-order valence-electron chi connectivity index (χ0n) is 16.9. The minimum Gasteiger partial charge on any atom is -0.454 e. The fourth-order valence-electron chi connectivity index (χ4n) is 3.41. The second kappa shape index (κ2) is 7.49. The average Bonchev–Trinajstić information content (AvgIpc) is 3.24. The van der Waals surface area contributed by atoms with Crippen molar-refractivity contribution in [2.45, 2.75) is 25.3 Å². The van der Waals surface area contributed by atoms with Crippen molar-refractivity contribution >= 4 is 5.91 Å². The third kappa shape index (κ3) is 3.55. The normalized spacial score (nSPS) is 14.5. The minimum absolute atomic E-state index is 0.216. The van der Waals surface area contributed by atoms with Gasteiger partial charge >= 0.3 is 0 Å². The van der Waals surface area contributed by atoms with Crippen LogP contribution in [0.15, 0.2) is 53.6 Å². The Kier molecular flexibility index (Phi) is 4.34. The summed E-state index contributed by atoms with van der Waals surface area (Å²) in [5.41, 5.74) is 1.95. The Balaban J connectivity index is 1.11. The van der Waals surface area contributed by atoms with Crippen LogP contribution in [0, 0.1) is 0 Å². The van der Waals surface area contributed by atoms with Gasteiger partial charge in [0, 0.05) is 24.9 Å². The Morgan fingerprint density at radius 3 is 2.88 bits per heavy atom. The molecule has 10 heteroatoms. The van der Waals surface area contributed by atoms with Gasteiger partial charge in [-0.3, -0.25) is 9.36 Å². The van der Waals surface area contributed by atoms with Gasteiger partial charge in [-0.2, -0.15) is 4.98 Å². The third-order valence-electron chi connectivity index (χ3n) is 5.35. The zero-order valence-corrected chi connectivity index (χ0v) is 16.9. The van der Waals surface area contributed by atoms with Crippen molar-refractivity contribution in [3.63, 3.8) is 0 Å². The Labute approximate surface area is 182 Å². The summed E-state index contributed by atoms with van der Waals surface area (Å²) in [5.74, 6) is 3.38. The molecule has 0 atom stereocenters. The minimum atomic E-state index is -0.281. The van der Waals surface area contributed by atoms with Gasteiger partial charge in [-0.15, -0.1) is 0 Å². The van der Waals surface area contributed by atoms with Crippen LogP contribution in [-0.4, -0.2) is 37.4 Å². The monoisotopic (exact) mass is 430 g/mol. The van der Waals surface area contributed by atoms with E-state index in [2.05, 4.69) is 25.4 Å². The summed E-state index contributed by atoms with van der Waals surface area (Å²) in [5, 5.41) is 6.89. The number of amides is 1. The van der Waals surface area contributed by atoms with E-state index in [0.717, 1.165) is 29.8 Å². The van der Waals surface area contributed by atoms with Crippen LogP contribution in [0.4, 0.5) is 0 Å². The fraction of sp³-hybridized carbons (Fsp3) is 0.227. The summed E-state index contributed by atoms with van der Waals surface area (Å²) in [6.07, 6.45) is 7.08. The van der Waals surface area contributed by atoms with E-state index in [-0.39, 0.29) is 12.7 Å². The van der Waals surface area contributed by atoms with Gasteiger partial charge in [0.25, 0.3) is 11.8 Å². The van der Waals surface area contributed by atoms with Crippen LogP contribution in [-0.2, 0) is 6.54 Å². The first kappa shape index (κ1) is 18.6. The molecule has 1 aromatic carbocycles. The van der Waals surface area contributed by atoms with Crippen molar-refractivity contribution < 1.29 is 18.8 Å². The number of aromatic nitrogens is 5. The fourth-order valence-corrected chi connectivity index (χ4v) is 3.41. The Morgan fingerprint density at radius 2 is 2.03 bits per heavy atom. The summed E-state index contributed by atoms with van der Waals surface area (Å²) >= 11 is 0. The molecule has 1 saturated carbocycles. The number of imidazole rings is 1. The summed E-state index contributed by atoms with van der Waals surface area (Å²) in [7, 11) is 0. The van der Waals surface area contributed by atoms with Gasteiger partial charge in [-0.25, -0.2) is 9.97 Å². The standard InChI is InChI=1S/C22H18N6O4/c29-21(24-8-13-1-5-17-18(7-13)31-12-30-17)16-10-28(11-25-16)19-6-4-15(9-23-19)22-26-20(27-32-22)14-2-3-14/h1,4-7,9-11,14H,2-3,8,12H2,(H,24,29). The SMILES string of the molecule is O=C(NCc1ccc2c(c1)OCO2)c1cn(-c2ccc(-c3nc(C4CC4)no3)cn2)cn1. The zero-order chi connectivity index (χ0) is 21.5. The molecule has 10 nitrogen and oxygen atoms in total. The summed E-state index contributed by atoms with van der Waals surface area (Å²) in [4.78, 5) is 25.6. The van der Waals surface area contributed by atoms with E-state index in [1.165, 1.54) is 0 Å². The molecule has 0 saturated heterocycles. The first-order valence-corrected chi connectivity index (χ1v) is 10.2. The molecule has 2 aliphatic rings. The predicted molar refractivity (Wildman–Crippen MR) is 110 cm³/mol. The number of benzene rings is 1. The van der Waals surface area contributed by atoms with Crippen molar-refractivity contribution in [1.29, 1.82) is 0 Å². The molecular formula is C22H18N6O4. The second-order valence-corrected chi connectivity index (χ2v) is 7.67. The number of nitrogens with zero attached hydrogens (tertiary/aromatic N) is 5. The molecule has 0 radical (unpaired) electrons. The van der Waals surface area contributed by atoms with E-state index < -0.39 is 0 Å². The number of carbonyl (C=O) groups excluding carboxylic acids is 1. The van der Waals surface area contributed by atoms with E-state index in [9.17, 15) is 4.79 Å². The van der Waals surface area contributed by atoms with Crippen molar-refractivity contribution in [1.82, 2.24) is 30.0 Å². The molecule has 1 amide bonds. The quantitative estimate of drug-likeness (QED) is 0.496. The molecule has 1 N–H and O–H groups in total. The second-order valence-electron chi connectivity index (χ2n) is 7.67. The molecule has 0 spiro atoms. The van der Waals surface area contributed by atoms with Crippen LogP contribution < -0.4 is 14.8 Å². The van der Waals surface area contributed by atoms with Crippen LogP contribution in [0.1, 0.15) is 40.6 Å². The van der Waals surface area contributed by atoms with Crippen LogP contribution in [0.2, 0.25) is 0 Å². The predicted octanol–water partition coefficient (Wildman–Crippen LogP) is 2.85. The van der Waals surface area contributed by atoms with Crippen molar-refractivity contribution in [3.05, 3.63) is 66.1 Å². The maximum absolute atomic E-state index is 12.5. The molecule has 160 valence electrons. The number of hydrogen-bond donors (Lipinski definition) is 1. The van der Waals surface area contributed by atoms with Crippen molar-refractivity contribution in [3.8, 4) is 28.8 Å². The maximum Gasteiger partial charge on any atom is 0.271 e. The summed E-state index contributed by atoms with van der Waals surface area (Å²) in [6, 6.07) is 9.23. The van der Waals surface area contributed by atoms with Gasteiger partial charge in [0.1, 0.15) is 17.8 Å². The van der Waals surface area contributed by atoms with Crippen LogP contribution in [0.5, 0.6) is 11.5 Å². The third-order valence-corrected chi connectivity index (χ3v) is 5.35. The van der Waals surface area contributed by atoms with Crippen LogP contribution >= 0.6 is 0 Å².